The maximum Gasteiger partial charge on any atom is 0.118 e. The van der Waals surface area contributed by atoms with Gasteiger partial charge in [-0.05, 0) is 74.1 Å². The van der Waals surface area contributed by atoms with Crippen LogP contribution in [0.5, 0.6) is 0 Å². The molecule has 218 valence electrons. The van der Waals surface area contributed by atoms with Gasteiger partial charge in [-0.15, -0.1) is 0 Å². The number of rotatable bonds is 8. The van der Waals surface area contributed by atoms with Gasteiger partial charge >= 0.3 is 0 Å². The molecule has 2 atom stereocenters. The van der Waals surface area contributed by atoms with Crippen molar-refractivity contribution in [3.8, 4) is 0 Å². The monoisotopic (exact) mass is 551 g/mol. The van der Waals surface area contributed by atoms with Gasteiger partial charge in [0.05, 0.1) is 24.3 Å². The summed E-state index contributed by atoms with van der Waals surface area (Å²) >= 11 is 0. The van der Waals surface area contributed by atoms with Gasteiger partial charge in [0.15, 0.2) is 0 Å². The molecule has 0 saturated carbocycles. The molecule has 0 saturated heterocycles. The van der Waals surface area contributed by atoms with E-state index in [9.17, 15) is 8.78 Å². The van der Waals surface area contributed by atoms with E-state index < -0.39 is 0 Å². The Bertz CT molecular complexity index is 1160. The molecule has 1 aliphatic carbocycles. The summed E-state index contributed by atoms with van der Waals surface area (Å²) in [6.45, 7) is 12.0. The Labute approximate surface area is 240 Å². The summed E-state index contributed by atoms with van der Waals surface area (Å²) in [5.74, 6) is -0.157. The molecule has 3 rings (SSSR count). The van der Waals surface area contributed by atoms with Crippen molar-refractivity contribution in [1.29, 1.82) is 5.41 Å². The largest absolute Gasteiger partial charge is 0.398 e. The number of nitrogens with zero attached hydrogens (tertiary/aromatic N) is 2. The van der Waals surface area contributed by atoms with E-state index >= 15 is 0 Å². The fourth-order valence-electron chi connectivity index (χ4n) is 3.38. The summed E-state index contributed by atoms with van der Waals surface area (Å²) in [6.07, 6.45) is 10.9. The van der Waals surface area contributed by atoms with E-state index in [-0.39, 0.29) is 23.5 Å². The minimum absolute atomic E-state index is 0.0648. The molecule has 2 unspecified atom stereocenters. The molecular formula is C33H47F2N5. The van der Waals surface area contributed by atoms with E-state index in [0.717, 1.165) is 16.8 Å². The predicted molar refractivity (Wildman–Crippen MR) is 171 cm³/mol. The van der Waals surface area contributed by atoms with Crippen LogP contribution in [0.4, 0.5) is 14.5 Å². The summed E-state index contributed by atoms with van der Waals surface area (Å²) in [5.41, 5.74) is 17.2. The van der Waals surface area contributed by atoms with E-state index in [0.29, 0.717) is 37.0 Å². The van der Waals surface area contributed by atoms with Gasteiger partial charge in [0.2, 0.25) is 0 Å². The number of hydrogen-bond donors (Lipinski definition) is 3. The second kappa shape index (κ2) is 21.2. The van der Waals surface area contributed by atoms with Crippen molar-refractivity contribution >= 4 is 22.8 Å². The van der Waals surface area contributed by atoms with E-state index in [1.165, 1.54) is 12.5 Å². The maximum absolute atomic E-state index is 13.1. The number of alkyl halides is 1. The van der Waals surface area contributed by atoms with Crippen molar-refractivity contribution in [2.75, 3.05) is 12.9 Å². The van der Waals surface area contributed by atoms with Crippen molar-refractivity contribution < 1.29 is 8.78 Å². The number of nitrogens with two attached hydrogens (primary N) is 2. The highest BCUT2D eigenvalue weighted by atomic mass is 19.1. The zero-order valence-corrected chi connectivity index (χ0v) is 25.1. The van der Waals surface area contributed by atoms with Gasteiger partial charge in [-0.2, -0.15) is 10.2 Å². The van der Waals surface area contributed by atoms with Crippen LogP contribution >= 0.6 is 0 Å². The first-order chi connectivity index (χ1) is 19.2. The maximum atomic E-state index is 13.1. The smallest absolute Gasteiger partial charge is 0.118 e. The van der Waals surface area contributed by atoms with Crippen LogP contribution < -0.4 is 11.5 Å². The Kier molecular flexibility index (Phi) is 19.2. The molecule has 0 amide bonds. The molecule has 5 nitrogen and oxygen atoms in total. The molecule has 2 aromatic carbocycles. The summed E-state index contributed by atoms with van der Waals surface area (Å²) in [5, 5.41) is 17.1. The molecule has 0 bridgehead atoms. The topological polar surface area (TPSA) is 101 Å². The normalized spacial score (nSPS) is 15.4. The lowest BCUT2D eigenvalue weighted by Gasteiger charge is -2.11. The summed E-state index contributed by atoms with van der Waals surface area (Å²) in [4.78, 5) is 0. The van der Waals surface area contributed by atoms with E-state index in [4.69, 9.17) is 16.9 Å². The first kappa shape index (κ1) is 36.3. The van der Waals surface area contributed by atoms with Crippen LogP contribution in [0.25, 0.3) is 0 Å². The van der Waals surface area contributed by atoms with Gasteiger partial charge in [-0.25, -0.2) is 4.39 Å². The second-order valence-corrected chi connectivity index (χ2v) is 8.85. The number of hydrogen-bond acceptors (Lipinski definition) is 5. The Balaban J connectivity index is 0.00000199. The Morgan fingerprint density at radius 3 is 2.27 bits per heavy atom. The highest BCUT2D eigenvalue weighted by Crippen LogP contribution is 2.20. The van der Waals surface area contributed by atoms with Gasteiger partial charge in [-0.1, -0.05) is 82.7 Å². The van der Waals surface area contributed by atoms with Crippen LogP contribution in [0.1, 0.15) is 71.1 Å². The second-order valence-electron chi connectivity index (χ2n) is 8.85. The molecule has 1 aliphatic rings. The van der Waals surface area contributed by atoms with Crippen molar-refractivity contribution in [2.45, 2.75) is 66.8 Å². The molecule has 0 radical (unpaired) electrons. The predicted octanol–water partition coefficient (Wildman–Crippen LogP) is 8.41. The fourth-order valence-corrected chi connectivity index (χ4v) is 3.38. The summed E-state index contributed by atoms with van der Waals surface area (Å²) in [7, 11) is 0.500. The molecule has 5 N–H and O–H groups in total. The number of allylic oxidation sites excluding steroid dienone is 6. The fraction of sp³-hybridized carbons (Fsp3) is 0.364. The number of anilines is 1. The number of nitrogen functional groups attached to an aromatic ring is 1. The Morgan fingerprint density at radius 2 is 1.70 bits per heavy atom. The third kappa shape index (κ3) is 13.4. The Morgan fingerprint density at radius 1 is 1.07 bits per heavy atom. The van der Waals surface area contributed by atoms with Crippen molar-refractivity contribution in [3.05, 3.63) is 101 Å². The van der Waals surface area contributed by atoms with Crippen LogP contribution in [0.2, 0.25) is 0 Å². The minimum atomic E-state index is -0.222. The SMILES string of the molecule is C/C(=N\N=C(/C)C(N)Cc1ccccc1)c1ccc(N)c(C(=N)/C=C/C2C=CC(F)=CC2)c1.CC.CCC.CF. The third-order valence-electron chi connectivity index (χ3n) is 5.55. The number of halogens is 2. The lowest BCUT2D eigenvalue weighted by Crippen LogP contribution is -2.30. The molecule has 0 fully saturated rings. The average molecular weight is 552 g/mol. The summed E-state index contributed by atoms with van der Waals surface area (Å²) in [6, 6.07) is 15.3. The first-order valence-electron chi connectivity index (χ1n) is 13.7. The molecule has 0 heterocycles. The van der Waals surface area contributed by atoms with Crippen LogP contribution in [0, 0.1) is 11.3 Å². The molecule has 40 heavy (non-hydrogen) atoms. The lowest BCUT2D eigenvalue weighted by atomic mass is 9.97. The molecular weight excluding hydrogens is 504 g/mol. The molecule has 0 spiro atoms. The quantitative estimate of drug-likeness (QED) is 0.174. The minimum Gasteiger partial charge on any atom is -0.398 e. The summed E-state index contributed by atoms with van der Waals surface area (Å²) < 4.78 is 22.6. The van der Waals surface area contributed by atoms with Gasteiger partial charge in [0.25, 0.3) is 0 Å². The van der Waals surface area contributed by atoms with Crippen LogP contribution in [0.3, 0.4) is 0 Å². The first-order valence-corrected chi connectivity index (χ1v) is 13.7. The van der Waals surface area contributed by atoms with Gasteiger partial charge in [0, 0.05) is 17.3 Å². The van der Waals surface area contributed by atoms with Crippen molar-refractivity contribution in [2.24, 2.45) is 21.9 Å². The molecule has 7 heteroatoms. The van der Waals surface area contributed by atoms with Gasteiger partial charge in [0.1, 0.15) is 5.83 Å². The lowest BCUT2D eigenvalue weighted by molar-refractivity contribution is 0.636. The van der Waals surface area contributed by atoms with E-state index in [2.05, 4.69) is 24.1 Å². The zero-order chi connectivity index (χ0) is 30.5. The highest BCUT2D eigenvalue weighted by molar-refractivity contribution is 6.12. The van der Waals surface area contributed by atoms with Crippen LogP contribution in [0.15, 0.2) is 94.9 Å². The number of nitrogens with one attached hydrogen (secondary N) is 1. The number of benzene rings is 2. The highest BCUT2D eigenvalue weighted by Gasteiger charge is 2.10. The van der Waals surface area contributed by atoms with Gasteiger partial charge in [-0.3, -0.25) is 4.39 Å². The zero-order valence-electron chi connectivity index (χ0n) is 25.1. The van der Waals surface area contributed by atoms with E-state index in [1.807, 2.05) is 76.2 Å². The van der Waals surface area contributed by atoms with Crippen LogP contribution in [-0.4, -0.2) is 30.4 Å². The standard InChI is InChI=1S/C27H30FN5.C3H8.C2H6.CH3F/c1-18(32-33-19(2)27(31)16-21-6-4-3-5-7-21)22-11-15-26(30)24(17-22)25(29)14-10-20-8-12-23(28)13-9-20;1-3-2;2*1-2/h3-8,10-15,17,20,27,29H,9,16,30-31H2,1-2H3;3H2,1-2H3;1-2H3;1H3/b14-10+,29-25?,32-18+,33-19+;;;. The molecule has 2 aromatic rings. The van der Waals surface area contributed by atoms with Crippen molar-refractivity contribution in [3.63, 3.8) is 0 Å². The molecule has 0 aliphatic heterocycles. The average Bonchev–Trinajstić information content (AvgIpc) is 2.98. The Hall–Kier alpha value is -3.71. The van der Waals surface area contributed by atoms with E-state index in [1.54, 1.807) is 24.3 Å². The van der Waals surface area contributed by atoms with Crippen molar-refractivity contribution in [1.82, 2.24) is 0 Å². The molecule has 0 aromatic heterocycles. The van der Waals surface area contributed by atoms with Gasteiger partial charge < -0.3 is 16.9 Å². The third-order valence-corrected chi connectivity index (χ3v) is 5.55. The van der Waals surface area contributed by atoms with Crippen LogP contribution in [-0.2, 0) is 6.42 Å².